The van der Waals surface area contributed by atoms with E-state index in [1.165, 1.54) is 44.9 Å². The zero-order valence-electron chi connectivity index (χ0n) is 11.6. The van der Waals surface area contributed by atoms with Crippen molar-refractivity contribution in [2.75, 3.05) is 0 Å². The molecular weight excluding hydrogens is 208 g/mol. The fourth-order valence-electron chi connectivity index (χ4n) is 3.96. The van der Waals surface area contributed by atoms with Crippen LogP contribution in [-0.2, 0) is 0 Å². The molecule has 0 unspecified atom stereocenters. The van der Waals surface area contributed by atoms with Gasteiger partial charge in [-0.3, -0.25) is 0 Å². The van der Waals surface area contributed by atoms with E-state index in [9.17, 15) is 0 Å². The maximum atomic E-state index is 6.10. The first-order valence-electron chi connectivity index (χ1n) is 7.57. The summed E-state index contributed by atoms with van der Waals surface area (Å²) in [7, 11) is 0. The Kier molecular flexibility index (Phi) is 4.48. The Bertz CT molecular complexity index is 217. The molecule has 2 aliphatic carbocycles. The molecule has 0 spiro atoms. The summed E-state index contributed by atoms with van der Waals surface area (Å²) in [6, 6.07) is 0.926. The normalized spacial score (nSPS) is 48.0. The van der Waals surface area contributed by atoms with E-state index >= 15 is 0 Å². The van der Waals surface area contributed by atoms with Gasteiger partial charge in [0.25, 0.3) is 0 Å². The molecule has 0 radical (unpaired) electrons. The van der Waals surface area contributed by atoms with Gasteiger partial charge in [0.15, 0.2) is 0 Å². The predicted octanol–water partition coefficient (Wildman–Crippen LogP) is 2.90. The molecule has 17 heavy (non-hydrogen) atoms. The van der Waals surface area contributed by atoms with Crippen molar-refractivity contribution in [3.8, 4) is 0 Å². The highest BCUT2D eigenvalue weighted by atomic mass is 14.7. The van der Waals surface area contributed by atoms with Crippen molar-refractivity contribution in [3.05, 3.63) is 0 Å². The molecule has 0 saturated heterocycles. The summed E-state index contributed by atoms with van der Waals surface area (Å²) < 4.78 is 0. The second-order valence-electron chi connectivity index (χ2n) is 6.88. The summed E-state index contributed by atoms with van der Waals surface area (Å²) in [4.78, 5) is 0. The first-order chi connectivity index (χ1) is 8.06. The SMILES string of the molecule is C[C@@H]1C[C@H](C[C@@H]2CC[C@H](N)[C@H](C)C2)CC[C@H]1N. The van der Waals surface area contributed by atoms with Crippen LogP contribution in [0.15, 0.2) is 0 Å². The van der Waals surface area contributed by atoms with Gasteiger partial charge in [0.2, 0.25) is 0 Å². The predicted molar refractivity (Wildman–Crippen MR) is 73.6 cm³/mol. The van der Waals surface area contributed by atoms with Crippen LogP contribution >= 0.6 is 0 Å². The van der Waals surface area contributed by atoms with Gasteiger partial charge in [-0.05, 0) is 68.6 Å². The van der Waals surface area contributed by atoms with E-state index in [0.717, 1.165) is 23.7 Å². The number of nitrogens with two attached hydrogens (primary N) is 2. The monoisotopic (exact) mass is 238 g/mol. The Morgan fingerprint density at radius 1 is 0.765 bits per heavy atom. The highest BCUT2D eigenvalue weighted by Crippen LogP contribution is 2.38. The lowest BCUT2D eigenvalue weighted by Gasteiger charge is -2.37. The van der Waals surface area contributed by atoms with Crippen molar-refractivity contribution < 1.29 is 0 Å². The van der Waals surface area contributed by atoms with Crippen LogP contribution in [0.1, 0.15) is 58.8 Å². The van der Waals surface area contributed by atoms with Gasteiger partial charge in [-0.2, -0.15) is 0 Å². The standard InChI is InChI=1S/C15H30N2/c1-10-7-12(3-5-14(10)16)9-13-4-6-15(17)11(2)8-13/h10-15H,3-9,16-17H2,1-2H3/t10-,11-,12-,13-,14-,15+/m1/s1. The first kappa shape index (κ1) is 13.4. The maximum Gasteiger partial charge on any atom is 0.00647 e. The Balaban J connectivity index is 1.78. The van der Waals surface area contributed by atoms with E-state index in [1.54, 1.807) is 0 Å². The molecule has 0 aromatic rings. The third-order valence-corrected chi connectivity index (χ3v) is 5.36. The lowest BCUT2D eigenvalue weighted by atomic mass is 9.71. The van der Waals surface area contributed by atoms with E-state index < -0.39 is 0 Å². The van der Waals surface area contributed by atoms with E-state index in [4.69, 9.17) is 11.5 Å². The van der Waals surface area contributed by atoms with Gasteiger partial charge >= 0.3 is 0 Å². The van der Waals surface area contributed by atoms with Crippen molar-refractivity contribution in [3.63, 3.8) is 0 Å². The molecule has 2 fully saturated rings. The maximum absolute atomic E-state index is 6.10. The fourth-order valence-corrected chi connectivity index (χ4v) is 3.96. The summed E-state index contributed by atoms with van der Waals surface area (Å²) in [5, 5.41) is 0. The van der Waals surface area contributed by atoms with Crippen LogP contribution in [0.5, 0.6) is 0 Å². The lowest BCUT2D eigenvalue weighted by molar-refractivity contribution is 0.169. The van der Waals surface area contributed by atoms with Crippen LogP contribution in [0, 0.1) is 23.7 Å². The minimum absolute atomic E-state index is 0.463. The Morgan fingerprint density at radius 2 is 1.18 bits per heavy atom. The molecule has 2 aliphatic rings. The topological polar surface area (TPSA) is 52.0 Å². The lowest BCUT2D eigenvalue weighted by Crippen LogP contribution is -2.37. The van der Waals surface area contributed by atoms with Gasteiger partial charge < -0.3 is 11.5 Å². The van der Waals surface area contributed by atoms with Crippen LogP contribution in [0.3, 0.4) is 0 Å². The first-order valence-corrected chi connectivity index (χ1v) is 7.57. The van der Waals surface area contributed by atoms with Crippen molar-refractivity contribution in [2.45, 2.75) is 70.9 Å². The number of hydrogen-bond donors (Lipinski definition) is 2. The molecule has 0 amide bonds. The third-order valence-electron chi connectivity index (χ3n) is 5.36. The Labute approximate surface area is 107 Å². The number of hydrogen-bond acceptors (Lipinski definition) is 2. The van der Waals surface area contributed by atoms with Gasteiger partial charge in [-0.15, -0.1) is 0 Å². The Hall–Kier alpha value is -0.0800. The number of rotatable bonds is 2. The third kappa shape index (κ3) is 3.45. The van der Waals surface area contributed by atoms with E-state index in [0.29, 0.717) is 12.1 Å². The van der Waals surface area contributed by atoms with E-state index in [1.807, 2.05) is 0 Å². The molecule has 0 aliphatic heterocycles. The highest BCUT2D eigenvalue weighted by molar-refractivity contribution is 4.85. The van der Waals surface area contributed by atoms with E-state index in [2.05, 4.69) is 13.8 Å². The molecule has 2 saturated carbocycles. The molecule has 4 N–H and O–H groups in total. The van der Waals surface area contributed by atoms with E-state index in [-0.39, 0.29) is 0 Å². The summed E-state index contributed by atoms with van der Waals surface area (Å²) >= 11 is 0. The zero-order chi connectivity index (χ0) is 12.4. The smallest absolute Gasteiger partial charge is 0.00647 e. The zero-order valence-corrected chi connectivity index (χ0v) is 11.6. The van der Waals surface area contributed by atoms with Crippen LogP contribution in [0.25, 0.3) is 0 Å². The molecule has 2 rings (SSSR count). The van der Waals surface area contributed by atoms with Crippen molar-refractivity contribution >= 4 is 0 Å². The fraction of sp³-hybridized carbons (Fsp3) is 1.00. The minimum Gasteiger partial charge on any atom is -0.327 e. The van der Waals surface area contributed by atoms with Crippen molar-refractivity contribution in [2.24, 2.45) is 35.1 Å². The average Bonchev–Trinajstić information content (AvgIpc) is 2.29. The van der Waals surface area contributed by atoms with Gasteiger partial charge in [-0.25, -0.2) is 0 Å². The molecule has 2 nitrogen and oxygen atoms in total. The molecule has 6 atom stereocenters. The quantitative estimate of drug-likeness (QED) is 0.777. The van der Waals surface area contributed by atoms with Gasteiger partial charge in [0.05, 0.1) is 0 Å². The second-order valence-corrected chi connectivity index (χ2v) is 6.88. The highest BCUT2D eigenvalue weighted by Gasteiger charge is 2.30. The van der Waals surface area contributed by atoms with Gasteiger partial charge in [-0.1, -0.05) is 13.8 Å². The summed E-state index contributed by atoms with van der Waals surface area (Å²) in [6.45, 7) is 4.66. The minimum atomic E-state index is 0.463. The summed E-state index contributed by atoms with van der Waals surface area (Å²) in [6.07, 6.45) is 9.37. The van der Waals surface area contributed by atoms with Gasteiger partial charge in [0, 0.05) is 12.1 Å². The molecule has 100 valence electrons. The van der Waals surface area contributed by atoms with Gasteiger partial charge in [0.1, 0.15) is 0 Å². The molecular formula is C15H30N2. The molecule has 0 aromatic carbocycles. The van der Waals surface area contributed by atoms with Crippen LogP contribution in [0.4, 0.5) is 0 Å². The summed E-state index contributed by atoms with van der Waals surface area (Å²) in [5.74, 6) is 3.35. The second kappa shape index (κ2) is 5.71. The Morgan fingerprint density at radius 3 is 1.53 bits per heavy atom. The van der Waals surface area contributed by atoms with Crippen LogP contribution < -0.4 is 11.5 Å². The van der Waals surface area contributed by atoms with Crippen LogP contribution in [-0.4, -0.2) is 12.1 Å². The molecule has 2 heteroatoms. The molecule has 0 aromatic heterocycles. The van der Waals surface area contributed by atoms with Crippen LogP contribution in [0.2, 0.25) is 0 Å². The molecule has 0 bridgehead atoms. The van der Waals surface area contributed by atoms with Crippen molar-refractivity contribution in [1.82, 2.24) is 0 Å². The largest absolute Gasteiger partial charge is 0.327 e. The average molecular weight is 238 g/mol. The molecule has 0 heterocycles. The van der Waals surface area contributed by atoms with Crippen molar-refractivity contribution in [1.29, 1.82) is 0 Å². The summed E-state index contributed by atoms with van der Waals surface area (Å²) in [5.41, 5.74) is 12.2.